The zero-order valence-electron chi connectivity index (χ0n) is 9.65. The lowest BCUT2D eigenvalue weighted by Crippen LogP contribution is -2.03. The molecule has 0 saturated heterocycles. The van der Waals surface area contributed by atoms with Crippen LogP contribution in [0.25, 0.3) is 0 Å². The van der Waals surface area contributed by atoms with Gasteiger partial charge in [-0.25, -0.2) is 0 Å². The molecule has 0 aromatic heterocycles. The Hall–Kier alpha value is -1.36. The topological polar surface area (TPSA) is 26.3 Å². The van der Waals surface area contributed by atoms with Crippen LogP contribution in [0, 0.1) is 3.57 Å². The summed E-state index contributed by atoms with van der Waals surface area (Å²) in [7, 11) is 0. The lowest BCUT2D eigenvalue weighted by Gasteiger charge is -2.07. The monoisotopic (exact) mass is 350 g/mol. The van der Waals surface area contributed by atoms with Gasteiger partial charge in [-0.3, -0.25) is 4.79 Å². The van der Waals surface area contributed by atoms with Crippen LogP contribution in [0.4, 0.5) is 0 Å². The van der Waals surface area contributed by atoms with Gasteiger partial charge in [0.1, 0.15) is 5.75 Å². The molecule has 0 fully saturated rings. The van der Waals surface area contributed by atoms with E-state index in [0.717, 1.165) is 21.3 Å². The number of hydrogen-bond donors (Lipinski definition) is 0. The average molecular weight is 350 g/mol. The van der Waals surface area contributed by atoms with E-state index in [-0.39, 0.29) is 5.78 Å². The van der Waals surface area contributed by atoms with Crippen molar-refractivity contribution in [3.8, 4) is 5.75 Å². The van der Waals surface area contributed by atoms with Gasteiger partial charge in [0.2, 0.25) is 0 Å². The molecule has 0 amide bonds. The van der Waals surface area contributed by atoms with Gasteiger partial charge >= 0.3 is 0 Å². The van der Waals surface area contributed by atoms with E-state index in [9.17, 15) is 4.79 Å². The van der Waals surface area contributed by atoms with E-state index in [1.54, 1.807) is 0 Å². The molecule has 0 radical (unpaired) electrons. The molecule has 0 spiro atoms. The first kappa shape index (κ1) is 11.7. The van der Waals surface area contributed by atoms with E-state index < -0.39 is 0 Å². The number of para-hydroxylation sites is 1. The van der Waals surface area contributed by atoms with Crippen LogP contribution in [0.2, 0.25) is 0 Å². The van der Waals surface area contributed by atoms with E-state index in [1.165, 1.54) is 0 Å². The van der Waals surface area contributed by atoms with Crippen LogP contribution in [0.15, 0.2) is 42.5 Å². The highest BCUT2D eigenvalue weighted by molar-refractivity contribution is 14.1. The first-order valence-corrected chi connectivity index (χ1v) is 6.88. The van der Waals surface area contributed by atoms with Crippen molar-refractivity contribution >= 4 is 28.4 Å². The van der Waals surface area contributed by atoms with Crippen molar-refractivity contribution in [1.82, 2.24) is 0 Å². The van der Waals surface area contributed by atoms with E-state index in [2.05, 4.69) is 22.6 Å². The first-order chi connectivity index (χ1) is 8.75. The summed E-state index contributed by atoms with van der Waals surface area (Å²) in [6, 6.07) is 13.4. The summed E-state index contributed by atoms with van der Waals surface area (Å²) in [6.07, 6.45) is 0.892. The SMILES string of the molecule is O=C(c1ccc(I)cc1)c1cccc2c1OCC2. The second-order valence-electron chi connectivity index (χ2n) is 4.23. The predicted molar refractivity (Wildman–Crippen MR) is 78.2 cm³/mol. The zero-order valence-corrected chi connectivity index (χ0v) is 11.8. The summed E-state index contributed by atoms with van der Waals surface area (Å²) in [4.78, 5) is 12.4. The Morgan fingerprint density at radius 1 is 1.11 bits per heavy atom. The minimum atomic E-state index is 0.0325. The van der Waals surface area contributed by atoms with E-state index in [4.69, 9.17) is 4.74 Å². The van der Waals surface area contributed by atoms with Crippen LogP contribution < -0.4 is 4.74 Å². The van der Waals surface area contributed by atoms with E-state index >= 15 is 0 Å². The minimum absolute atomic E-state index is 0.0325. The summed E-state index contributed by atoms with van der Waals surface area (Å²) >= 11 is 2.23. The first-order valence-electron chi connectivity index (χ1n) is 5.80. The quantitative estimate of drug-likeness (QED) is 0.613. The predicted octanol–water partition coefficient (Wildman–Crippen LogP) is 3.46. The number of hydrogen-bond acceptors (Lipinski definition) is 2. The molecule has 1 aliphatic heterocycles. The Bertz CT molecular complexity index is 602. The maximum Gasteiger partial charge on any atom is 0.196 e. The molecule has 2 aromatic carbocycles. The Balaban J connectivity index is 2.03. The molecule has 0 saturated carbocycles. The fourth-order valence-corrected chi connectivity index (χ4v) is 2.51. The number of carbonyl (C=O) groups excluding carboxylic acids is 1. The lowest BCUT2D eigenvalue weighted by molar-refractivity contribution is 0.103. The van der Waals surface area contributed by atoms with Gasteiger partial charge in [-0.1, -0.05) is 12.1 Å². The van der Waals surface area contributed by atoms with Crippen LogP contribution in [0.1, 0.15) is 21.5 Å². The van der Waals surface area contributed by atoms with E-state index in [0.29, 0.717) is 17.7 Å². The molecule has 90 valence electrons. The second kappa shape index (κ2) is 4.72. The largest absolute Gasteiger partial charge is 0.492 e. The van der Waals surface area contributed by atoms with Gasteiger partial charge in [-0.15, -0.1) is 0 Å². The third-order valence-electron chi connectivity index (χ3n) is 3.07. The average Bonchev–Trinajstić information content (AvgIpc) is 2.87. The normalized spacial score (nSPS) is 12.9. The molecule has 0 atom stereocenters. The van der Waals surface area contributed by atoms with Crippen LogP contribution in [-0.2, 0) is 6.42 Å². The summed E-state index contributed by atoms with van der Waals surface area (Å²) in [6.45, 7) is 0.673. The van der Waals surface area contributed by atoms with Gasteiger partial charge in [-0.05, 0) is 58.5 Å². The number of carbonyl (C=O) groups is 1. The Morgan fingerprint density at radius 3 is 2.67 bits per heavy atom. The molecule has 3 rings (SSSR count). The Morgan fingerprint density at radius 2 is 1.89 bits per heavy atom. The number of fused-ring (bicyclic) bond motifs is 1. The Kier molecular flexibility index (Phi) is 3.07. The molecule has 2 nitrogen and oxygen atoms in total. The lowest BCUT2D eigenvalue weighted by atomic mass is 10.00. The smallest absolute Gasteiger partial charge is 0.196 e. The maximum atomic E-state index is 12.4. The standard InChI is InChI=1S/C15H11IO2/c16-12-6-4-10(5-7-12)14(17)13-3-1-2-11-8-9-18-15(11)13/h1-7H,8-9H2. The molecule has 0 bridgehead atoms. The molecule has 1 aliphatic rings. The summed E-state index contributed by atoms with van der Waals surface area (Å²) in [5.41, 5.74) is 2.51. The van der Waals surface area contributed by atoms with Crippen molar-refractivity contribution in [2.24, 2.45) is 0 Å². The summed E-state index contributed by atoms with van der Waals surface area (Å²) in [5.74, 6) is 0.797. The van der Waals surface area contributed by atoms with E-state index in [1.807, 2.05) is 42.5 Å². The Labute approximate surface area is 119 Å². The molecule has 18 heavy (non-hydrogen) atoms. The fraction of sp³-hybridized carbons (Fsp3) is 0.133. The molecule has 0 aliphatic carbocycles. The van der Waals surface area contributed by atoms with Gasteiger partial charge in [0.05, 0.1) is 12.2 Å². The van der Waals surface area contributed by atoms with Crippen LogP contribution in [0.3, 0.4) is 0 Å². The molecule has 0 unspecified atom stereocenters. The molecular weight excluding hydrogens is 339 g/mol. The third kappa shape index (κ3) is 2.03. The van der Waals surface area contributed by atoms with Crippen molar-refractivity contribution in [2.45, 2.75) is 6.42 Å². The van der Waals surface area contributed by atoms with Gasteiger partial charge in [-0.2, -0.15) is 0 Å². The van der Waals surface area contributed by atoms with Gasteiger partial charge < -0.3 is 4.74 Å². The summed E-state index contributed by atoms with van der Waals surface area (Å²) < 4.78 is 6.70. The van der Waals surface area contributed by atoms with Crippen molar-refractivity contribution in [3.63, 3.8) is 0 Å². The number of halogens is 1. The van der Waals surface area contributed by atoms with Gasteiger partial charge in [0, 0.05) is 15.6 Å². The number of benzene rings is 2. The number of ketones is 1. The number of rotatable bonds is 2. The molecule has 3 heteroatoms. The third-order valence-corrected chi connectivity index (χ3v) is 3.78. The van der Waals surface area contributed by atoms with Crippen LogP contribution in [0.5, 0.6) is 5.75 Å². The van der Waals surface area contributed by atoms with Gasteiger partial charge in [0.15, 0.2) is 5.78 Å². The van der Waals surface area contributed by atoms with Crippen LogP contribution in [-0.4, -0.2) is 12.4 Å². The van der Waals surface area contributed by atoms with Crippen molar-refractivity contribution in [2.75, 3.05) is 6.61 Å². The minimum Gasteiger partial charge on any atom is -0.492 e. The fourth-order valence-electron chi connectivity index (χ4n) is 2.15. The molecule has 1 heterocycles. The zero-order chi connectivity index (χ0) is 12.5. The highest BCUT2D eigenvalue weighted by Crippen LogP contribution is 2.31. The van der Waals surface area contributed by atoms with Gasteiger partial charge in [0.25, 0.3) is 0 Å². The van der Waals surface area contributed by atoms with Crippen molar-refractivity contribution in [1.29, 1.82) is 0 Å². The molecule has 2 aromatic rings. The highest BCUT2D eigenvalue weighted by Gasteiger charge is 2.21. The van der Waals surface area contributed by atoms with Crippen LogP contribution >= 0.6 is 22.6 Å². The maximum absolute atomic E-state index is 12.4. The van der Waals surface area contributed by atoms with Crippen molar-refractivity contribution < 1.29 is 9.53 Å². The number of ether oxygens (including phenoxy) is 1. The second-order valence-corrected chi connectivity index (χ2v) is 5.47. The molecule has 0 N–H and O–H groups in total. The summed E-state index contributed by atoms with van der Waals surface area (Å²) in [5, 5.41) is 0. The molecular formula is C15H11IO2. The highest BCUT2D eigenvalue weighted by atomic mass is 127. The van der Waals surface area contributed by atoms with Crippen molar-refractivity contribution in [3.05, 3.63) is 62.7 Å².